The summed E-state index contributed by atoms with van der Waals surface area (Å²) in [6.07, 6.45) is 0.804. The standard InChI is InChI=1S/C9H20O2/c1-7(2)9(10)5-6-11-8(3)4/h7-10H,5-6H2,1-4H3. The third-order valence-corrected chi connectivity index (χ3v) is 1.63. The van der Waals surface area contributed by atoms with E-state index in [1.165, 1.54) is 0 Å². The highest BCUT2D eigenvalue weighted by atomic mass is 16.5. The fraction of sp³-hybridized carbons (Fsp3) is 1.00. The summed E-state index contributed by atoms with van der Waals surface area (Å²) >= 11 is 0. The molecule has 0 heterocycles. The van der Waals surface area contributed by atoms with Gasteiger partial charge in [-0.15, -0.1) is 0 Å². The highest BCUT2D eigenvalue weighted by molar-refractivity contribution is 4.58. The monoisotopic (exact) mass is 160 g/mol. The molecule has 0 aliphatic carbocycles. The summed E-state index contributed by atoms with van der Waals surface area (Å²) < 4.78 is 5.30. The molecule has 1 atom stereocenters. The molecule has 2 nitrogen and oxygen atoms in total. The van der Waals surface area contributed by atoms with Crippen LogP contribution in [0.4, 0.5) is 0 Å². The van der Waals surface area contributed by atoms with Crippen LogP contribution in [0.2, 0.25) is 0 Å². The molecule has 11 heavy (non-hydrogen) atoms. The van der Waals surface area contributed by atoms with E-state index in [-0.39, 0.29) is 12.2 Å². The molecule has 0 radical (unpaired) electrons. The van der Waals surface area contributed by atoms with Gasteiger partial charge in [0.25, 0.3) is 0 Å². The van der Waals surface area contributed by atoms with Crippen molar-refractivity contribution in [2.75, 3.05) is 6.61 Å². The van der Waals surface area contributed by atoms with Crippen molar-refractivity contribution in [2.24, 2.45) is 5.92 Å². The largest absolute Gasteiger partial charge is 0.393 e. The minimum Gasteiger partial charge on any atom is -0.393 e. The van der Waals surface area contributed by atoms with Crippen molar-refractivity contribution in [1.29, 1.82) is 0 Å². The normalized spacial score (nSPS) is 14.5. The van der Waals surface area contributed by atoms with Crippen molar-refractivity contribution < 1.29 is 9.84 Å². The van der Waals surface area contributed by atoms with E-state index in [2.05, 4.69) is 0 Å². The van der Waals surface area contributed by atoms with Crippen molar-refractivity contribution in [1.82, 2.24) is 0 Å². The van der Waals surface area contributed by atoms with E-state index in [4.69, 9.17) is 4.74 Å². The molecule has 0 aromatic rings. The van der Waals surface area contributed by atoms with Gasteiger partial charge in [-0.25, -0.2) is 0 Å². The maximum atomic E-state index is 9.36. The third kappa shape index (κ3) is 6.32. The first kappa shape index (κ1) is 10.9. The van der Waals surface area contributed by atoms with E-state index in [9.17, 15) is 5.11 Å². The van der Waals surface area contributed by atoms with Crippen LogP contribution in [-0.2, 0) is 4.74 Å². The van der Waals surface area contributed by atoms with Crippen molar-refractivity contribution >= 4 is 0 Å². The Bertz CT molecular complexity index is 89.6. The van der Waals surface area contributed by atoms with E-state index >= 15 is 0 Å². The number of hydrogen-bond donors (Lipinski definition) is 1. The summed E-state index contributed by atoms with van der Waals surface area (Å²) in [6.45, 7) is 8.70. The zero-order chi connectivity index (χ0) is 8.85. The first-order valence-electron chi connectivity index (χ1n) is 4.33. The average Bonchev–Trinajstić information content (AvgIpc) is 1.86. The molecule has 0 saturated carbocycles. The third-order valence-electron chi connectivity index (χ3n) is 1.63. The second kappa shape index (κ2) is 5.56. The van der Waals surface area contributed by atoms with E-state index in [1.807, 2.05) is 27.7 Å². The second-order valence-corrected chi connectivity index (χ2v) is 3.52. The number of rotatable bonds is 5. The van der Waals surface area contributed by atoms with Crippen LogP contribution in [-0.4, -0.2) is 23.9 Å². The highest BCUT2D eigenvalue weighted by Crippen LogP contribution is 2.05. The molecule has 0 aliphatic heterocycles. The molecule has 2 heteroatoms. The predicted molar refractivity (Wildman–Crippen MR) is 46.5 cm³/mol. The fourth-order valence-corrected chi connectivity index (χ4v) is 0.758. The Morgan fingerprint density at radius 2 is 1.73 bits per heavy atom. The van der Waals surface area contributed by atoms with E-state index in [0.29, 0.717) is 12.5 Å². The minimum atomic E-state index is -0.214. The van der Waals surface area contributed by atoms with Gasteiger partial charge in [-0.3, -0.25) is 0 Å². The molecule has 0 fully saturated rings. The molecular weight excluding hydrogens is 140 g/mol. The molecule has 0 aromatic heterocycles. The molecule has 0 bridgehead atoms. The van der Waals surface area contributed by atoms with Crippen molar-refractivity contribution in [3.63, 3.8) is 0 Å². The van der Waals surface area contributed by atoms with E-state index < -0.39 is 0 Å². The van der Waals surface area contributed by atoms with Gasteiger partial charge >= 0.3 is 0 Å². The molecule has 0 rings (SSSR count). The summed E-state index contributed by atoms with van der Waals surface area (Å²) in [4.78, 5) is 0. The van der Waals surface area contributed by atoms with Crippen LogP contribution in [0.5, 0.6) is 0 Å². The average molecular weight is 160 g/mol. The van der Waals surface area contributed by atoms with Gasteiger partial charge in [0.05, 0.1) is 12.2 Å². The lowest BCUT2D eigenvalue weighted by Gasteiger charge is -2.15. The molecule has 1 N–H and O–H groups in total. The number of aliphatic hydroxyl groups is 1. The number of ether oxygens (including phenoxy) is 1. The quantitative estimate of drug-likeness (QED) is 0.664. The Labute approximate surface area is 69.6 Å². The zero-order valence-corrected chi connectivity index (χ0v) is 8.00. The Hall–Kier alpha value is -0.0800. The van der Waals surface area contributed by atoms with Crippen LogP contribution in [0.15, 0.2) is 0 Å². The van der Waals surface area contributed by atoms with Gasteiger partial charge in [0, 0.05) is 6.61 Å². The van der Waals surface area contributed by atoms with Gasteiger partial charge in [-0.2, -0.15) is 0 Å². The van der Waals surface area contributed by atoms with Crippen molar-refractivity contribution in [2.45, 2.75) is 46.3 Å². The summed E-state index contributed by atoms with van der Waals surface area (Å²) in [5, 5.41) is 9.36. The summed E-state index contributed by atoms with van der Waals surface area (Å²) in [5.74, 6) is 0.339. The topological polar surface area (TPSA) is 29.5 Å². The fourth-order valence-electron chi connectivity index (χ4n) is 0.758. The maximum absolute atomic E-state index is 9.36. The number of hydrogen-bond acceptors (Lipinski definition) is 2. The predicted octanol–water partition coefficient (Wildman–Crippen LogP) is 1.82. The summed E-state index contributed by atoms with van der Waals surface area (Å²) in [5.41, 5.74) is 0. The summed E-state index contributed by atoms with van der Waals surface area (Å²) in [7, 11) is 0. The smallest absolute Gasteiger partial charge is 0.0585 e. The molecule has 0 saturated heterocycles. The van der Waals surface area contributed by atoms with Gasteiger partial charge < -0.3 is 9.84 Å². The van der Waals surface area contributed by atoms with Gasteiger partial charge in [0.1, 0.15) is 0 Å². The lowest BCUT2D eigenvalue weighted by Crippen LogP contribution is -2.18. The van der Waals surface area contributed by atoms with Crippen LogP contribution < -0.4 is 0 Å². The molecule has 0 aromatic carbocycles. The molecule has 0 aliphatic rings. The molecular formula is C9H20O2. The SMILES string of the molecule is CC(C)OCCC(O)C(C)C. The van der Waals surface area contributed by atoms with E-state index in [1.54, 1.807) is 0 Å². The molecule has 0 spiro atoms. The summed E-state index contributed by atoms with van der Waals surface area (Å²) in [6, 6.07) is 0. The van der Waals surface area contributed by atoms with Crippen LogP contribution in [0.25, 0.3) is 0 Å². The second-order valence-electron chi connectivity index (χ2n) is 3.52. The van der Waals surface area contributed by atoms with Crippen LogP contribution in [0.1, 0.15) is 34.1 Å². The molecule has 68 valence electrons. The lowest BCUT2D eigenvalue weighted by atomic mass is 10.1. The van der Waals surface area contributed by atoms with Crippen LogP contribution in [0, 0.1) is 5.92 Å². The van der Waals surface area contributed by atoms with Crippen LogP contribution in [0.3, 0.4) is 0 Å². The first-order valence-corrected chi connectivity index (χ1v) is 4.33. The van der Waals surface area contributed by atoms with Gasteiger partial charge in [0.15, 0.2) is 0 Å². The number of aliphatic hydroxyl groups excluding tert-OH is 1. The highest BCUT2D eigenvalue weighted by Gasteiger charge is 2.08. The van der Waals surface area contributed by atoms with E-state index in [0.717, 1.165) is 6.42 Å². The molecule has 1 unspecified atom stereocenters. The van der Waals surface area contributed by atoms with Crippen molar-refractivity contribution in [3.8, 4) is 0 Å². The minimum absolute atomic E-state index is 0.214. The van der Waals surface area contributed by atoms with Gasteiger partial charge in [-0.05, 0) is 26.2 Å². The Balaban J connectivity index is 3.24. The maximum Gasteiger partial charge on any atom is 0.0585 e. The first-order chi connectivity index (χ1) is 5.04. The zero-order valence-electron chi connectivity index (χ0n) is 8.00. The van der Waals surface area contributed by atoms with Gasteiger partial charge in [-0.1, -0.05) is 13.8 Å². The molecule has 0 amide bonds. The Morgan fingerprint density at radius 1 is 1.18 bits per heavy atom. The van der Waals surface area contributed by atoms with Crippen molar-refractivity contribution in [3.05, 3.63) is 0 Å². The van der Waals surface area contributed by atoms with Gasteiger partial charge in [0.2, 0.25) is 0 Å². The Kier molecular flexibility index (Phi) is 5.51. The van der Waals surface area contributed by atoms with Crippen LogP contribution >= 0.6 is 0 Å². The lowest BCUT2D eigenvalue weighted by molar-refractivity contribution is 0.0332. The Morgan fingerprint density at radius 3 is 2.09 bits per heavy atom.